The molecule has 29 heavy (non-hydrogen) atoms. The van der Waals surface area contributed by atoms with Gasteiger partial charge in [0.15, 0.2) is 0 Å². The number of aliphatic hydroxyl groups is 1. The van der Waals surface area contributed by atoms with Crippen LogP contribution in [0.25, 0.3) is 0 Å². The highest BCUT2D eigenvalue weighted by Crippen LogP contribution is 2.08. The number of amides is 3. The predicted octanol–water partition coefficient (Wildman–Crippen LogP) is -1.96. The molecule has 0 aromatic heterocycles. The molecule has 0 spiro atoms. The molecule has 0 aromatic rings. The van der Waals surface area contributed by atoms with Gasteiger partial charge in [0.2, 0.25) is 17.7 Å². The van der Waals surface area contributed by atoms with Crippen LogP contribution < -0.4 is 27.4 Å². The number of hydrogen-bond donors (Lipinski definition) is 7. The average molecular weight is 418 g/mol. The van der Waals surface area contributed by atoms with Crippen LogP contribution in [0.15, 0.2) is 0 Å². The van der Waals surface area contributed by atoms with E-state index >= 15 is 0 Å². The molecule has 0 saturated heterocycles. The first-order chi connectivity index (χ1) is 13.5. The largest absolute Gasteiger partial charge is 0.480 e. The topological polar surface area (TPSA) is 197 Å². The second-order valence-corrected chi connectivity index (χ2v) is 7.41. The van der Waals surface area contributed by atoms with Gasteiger partial charge in [0.05, 0.1) is 12.6 Å². The Balaban J connectivity index is 5.29. The number of aliphatic carboxylic acids is 1. The molecular weight excluding hydrogens is 382 g/mol. The Labute approximate surface area is 171 Å². The summed E-state index contributed by atoms with van der Waals surface area (Å²) in [5, 5.41) is 25.4. The van der Waals surface area contributed by atoms with Crippen molar-refractivity contribution in [3.05, 3.63) is 0 Å². The zero-order valence-corrected chi connectivity index (χ0v) is 17.3. The summed E-state index contributed by atoms with van der Waals surface area (Å²) in [4.78, 5) is 48.2. The van der Waals surface area contributed by atoms with Crippen LogP contribution in [-0.2, 0) is 19.2 Å². The molecule has 3 amide bonds. The summed E-state index contributed by atoms with van der Waals surface area (Å²) in [7, 11) is 0. The van der Waals surface area contributed by atoms with Crippen molar-refractivity contribution in [3.63, 3.8) is 0 Å². The van der Waals surface area contributed by atoms with E-state index in [0.29, 0.717) is 25.8 Å². The van der Waals surface area contributed by atoms with Crippen molar-refractivity contribution in [2.75, 3.05) is 13.2 Å². The highest BCUT2D eigenvalue weighted by molar-refractivity contribution is 5.94. The lowest BCUT2D eigenvalue weighted by Gasteiger charge is -2.25. The molecule has 4 atom stereocenters. The number of aliphatic hydroxyl groups excluding tert-OH is 1. The van der Waals surface area contributed by atoms with Gasteiger partial charge in [-0.25, -0.2) is 4.79 Å². The number of carboxylic acids is 1. The summed E-state index contributed by atoms with van der Waals surface area (Å²) < 4.78 is 0. The van der Waals surface area contributed by atoms with Gasteiger partial charge in [-0.1, -0.05) is 13.8 Å². The Morgan fingerprint density at radius 3 is 1.83 bits per heavy atom. The number of hydrogen-bond acceptors (Lipinski definition) is 7. The van der Waals surface area contributed by atoms with E-state index in [2.05, 4.69) is 16.0 Å². The van der Waals surface area contributed by atoms with E-state index in [-0.39, 0.29) is 12.3 Å². The van der Waals surface area contributed by atoms with Crippen molar-refractivity contribution < 1.29 is 29.4 Å². The molecule has 0 aliphatic carbocycles. The van der Waals surface area contributed by atoms with Crippen LogP contribution in [0.5, 0.6) is 0 Å². The maximum atomic E-state index is 12.7. The van der Waals surface area contributed by atoms with E-state index in [1.165, 1.54) is 6.92 Å². The molecule has 4 unspecified atom stereocenters. The fraction of sp³-hybridized carbons (Fsp3) is 0.778. The number of rotatable bonds is 14. The van der Waals surface area contributed by atoms with Crippen LogP contribution in [-0.4, -0.2) is 71.2 Å². The fourth-order valence-corrected chi connectivity index (χ4v) is 2.50. The van der Waals surface area contributed by atoms with Gasteiger partial charge in [-0.05, 0) is 45.1 Å². The van der Waals surface area contributed by atoms with Gasteiger partial charge in [0.1, 0.15) is 18.1 Å². The van der Waals surface area contributed by atoms with Gasteiger partial charge in [-0.15, -0.1) is 0 Å². The lowest BCUT2D eigenvalue weighted by Crippen LogP contribution is -2.57. The van der Waals surface area contributed by atoms with Gasteiger partial charge in [-0.3, -0.25) is 14.4 Å². The number of carboxylic acid groups (broad SMARTS) is 1. The lowest BCUT2D eigenvalue weighted by atomic mass is 10.0. The van der Waals surface area contributed by atoms with Gasteiger partial charge in [0.25, 0.3) is 0 Å². The molecule has 0 bridgehead atoms. The molecule has 168 valence electrons. The van der Waals surface area contributed by atoms with Gasteiger partial charge < -0.3 is 37.6 Å². The van der Waals surface area contributed by atoms with Crippen molar-refractivity contribution >= 4 is 23.7 Å². The SMILES string of the molecule is CC(C)CC(NC(=O)C(CCCCN)NC(=O)C(C)N)C(=O)NC(CO)C(=O)O. The quantitative estimate of drug-likeness (QED) is 0.158. The molecule has 0 fully saturated rings. The molecule has 0 heterocycles. The van der Waals surface area contributed by atoms with E-state index in [0.717, 1.165) is 0 Å². The van der Waals surface area contributed by atoms with Crippen LogP contribution in [0.1, 0.15) is 46.5 Å². The van der Waals surface area contributed by atoms with Crippen molar-refractivity contribution in [3.8, 4) is 0 Å². The summed E-state index contributed by atoms with van der Waals surface area (Å²) in [6, 6.07) is -4.22. The third-order valence-corrected chi connectivity index (χ3v) is 4.13. The number of carbonyl (C=O) groups is 4. The number of nitrogens with one attached hydrogen (secondary N) is 3. The number of unbranched alkanes of at least 4 members (excludes halogenated alkanes) is 1. The van der Waals surface area contributed by atoms with E-state index < -0.39 is 54.5 Å². The van der Waals surface area contributed by atoms with Gasteiger partial charge >= 0.3 is 5.97 Å². The van der Waals surface area contributed by atoms with Crippen molar-refractivity contribution in [1.29, 1.82) is 0 Å². The average Bonchev–Trinajstić information content (AvgIpc) is 2.63. The molecule has 0 aliphatic rings. The van der Waals surface area contributed by atoms with Crippen LogP contribution in [0.3, 0.4) is 0 Å². The van der Waals surface area contributed by atoms with Crippen LogP contribution in [0.4, 0.5) is 0 Å². The molecule has 9 N–H and O–H groups in total. The third-order valence-electron chi connectivity index (χ3n) is 4.13. The second-order valence-electron chi connectivity index (χ2n) is 7.41. The zero-order valence-electron chi connectivity index (χ0n) is 17.3. The molecule has 0 rings (SSSR count). The molecule has 0 radical (unpaired) electrons. The summed E-state index contributed by atoms with van der Waals surface area (Å²) >= 11 is 0. The Morgan fingerprint density at radius 1 is 0.862 bits per heavy atom. The molecular formula is C18H35N5O6. The first-order valence-corrected chi connectivity index (χ1v) is 9.73. The molecule has 11 nitrogen and oxygen atoms in total. The van der Waals surface area contributed by atoms with Gasteiger partial charge in [-0.2, -0.15) is 0 Å². The van der Waals surface area contributed by atoms with E-state index in [4.69, 9.17) is 21.7 Å². The lowest BCUT2D eigenvalue weighted by molar-refractivity contribution is -0.143. The smallest absolute Gasteiger partial charge is 0.328 e. The highest BCUT2D eigenvalue weighted by atomic mass is 16.4. The van der Waals surface area contributed by atoms with Crippen molar-refractivity contribution in [2.45, 2.75) is 70.6 Å². The van der Waals surface area contributed by atoms with Crippen molar-refractivity contribution in [1.82, 2.24) is 16.0 Å². The van der Waals surface area contributed by atoms with E-state index in [1.54, 1.807) is 0 Å². The minimum Gasteiger partial charge on any atom is -0.480 e. The minimum absolute atomic E-state index is 0.0119. The monoisotopic (exact) mass is 417 g/mol. The first-order valence-electron chi connectivity index (χ1n) is 9.73. The Kier molecular flexibility index (Phi) is 12.8. The maximum Gasteiger partial charge on any atom is 0.328 e. The Bertz CT molecular complexity index is 555. The van der Waals surface area contributed by atoms with Crippen LogP contribution >= 0.6 is 0 Å². The standard InChI is InChI=1S/C18H35N5O6/c1-10(2)8-13(17(27)23-14(9-24)18(28)29)22-16(26)12(6-4-5-7-19)21-15(25)11(3)20/h10-14,24H,4-9,19-20H2,1-3H3,(H,21,25)(H,22,26)(H,23,27)(H,28,29). The highest BCUT2D eigenvalue weighted by Gasteiger charge is 2.30. The van der Waals surface area contributed by atoms with Crippen LogP contribution in [0.2, 0.25) is 0 Å². The number of nitrogens with two attached hydrogens (primary N) is 2. The minimum atomic E-state index is -1.48. The fourth-order valence-electron chi connectivity index (χ4n) is 2.50. The second kappa shape index (κ2) is 13.9. The van der Waals surface area contributed by atoms with Gasteiger partial charge in [0, 0.05) is 0 Å². The molecule has 0 aromatic carbocycles. The first kappa shape index (κ1) is 26.8. The summed E-state index contributed by atoms with van der Waals surface area (Å²) in [5.74, 6) is -3.19. The maximum absolute atomic E-state index is 12.7. The normalized spacial score (nSPS) is 15.1. The predicted molar refractivity (Wildman–Crippen MR) is 107 cm³/mol. The molecule has 11 heteroatoms. The molecule has 0 aliphatic heterocycles. The Hall–Kier alpha value is -2.24. The summed E-state index contributed by atoms with van der Waals surface area (Å²) in [5.41, 5.74) is 11.0. The van der Waals surface area contributed by atoms with Crippen LogP contribution in [0, 0.1) is 5.92 Å². The van der Waals surface area contributed by atoms with Crippen molar-refractivity contribution in [2.24, 2.45) is 17.4 Å². The summed E-state index contributed by atoms with van der Waals surface area (Å²) in [6.45, 7) is 4.81. The molecule has 0 saturated carbocycles. The summed E-state index contributed by atoms with van der Waals surface area (Å²) in [6.07, 6.45) is 1.79. The van der Waals surface area contributed by atoms with E-state index in [9.17, 15) is 19.2 Å². The Morgan fingerprint density at radius 2 is 1.38 bits per heavy atom. The number of carbonyl (C=O) groups excluding carboxylic acids is 3. The zero-order chi connectivity index (χ0) is 22.6. The van der Waals surface area contributed by atoms with E-state index in [1.807, 2.05) is 13.8 Å². The third kappa shape index (κ3) is 10.8.